The number of allylic oxidation sites excluding steroid dienone is 1. The normalized spacial score (nSPS) is 15.3. The quantitative estimate of drug-likeness (QED) is 0.116. The van der Waals surface area contributed by atoms with Crippen LogP contribution in [0.1, 0.15) is 107 Å². The van der Waals surface area contributed by atoms with Crippen molar-refractivity contribution < 1.29 is 4.43 Å². The summed E-state index contributed by atoms with van der Waals surface area (Å²) in [4.78, 5) is 0. The van der Waals surface area contributed by atoms with Crippen molar-refractivity contribution in [2.24, 2.45) is 0 Å². The fraction of sp³-hybridized carbons (Fsp3) is 0.852. The van der Waals surface area contributed by atoms with E-state index in [1.807, 2.05) is 0 Å². The van der Waals surface area contributed by atoms with Crippen LogP contribution in [0.2, 0.25) is 31.4 Å². The van der Waals surface area contributed by atoms with Gasteiger partial charge in [-0.25, -0.2) is 0 Å². The summed E-state index contributed by atoms with van der Waals surface area (Å²) in [5.74, 6) is 0. The fourth-order valence-corrected chi connectivity index (χ4v) is 22.2. The van der Waals surface area contributed by atoms with Crippen LogP contribution in [-0.4, -0.2) is 32.3 Å². The Balaban J connectivity index is 5.68. The van der Waals surface area contributed by atoms with Crippen molar-refractivity contribution in [2.75, 3.05) is 0 Å². The van der Waals surface area contributed by atoms with E-state index in [9.17, 15) is 0 Å². The van der Waals surface area contributed by atoms with Gasteiger partial charge in [-0.15, -0.1) is 0 Å². The molecule has 178 valence electrons. The molecule has 0 N–H and O–H groups in total. The third kappa shape index (κ3) is 11.4. The summed E-state index contributed by atoms with van der Waals surface area (Å²) in [6.07, 6.45) is 17.8. The van der Waals surface area contributed by atoms with Gasteiger partial charge in [-0.05, 0) is 0 Å². The molecule has 0 saturated carbocycles. The van der Waals surface area contributed by atoms with Crippen molar-refractivity contribution in [3.05, 3.63) is 22.3 Å². The summed E-state index contributed by atoms with van der Waals surface area (Å²) in [6, 6.07) is 3.68. The van der Waals surface area contributed by atoms with E-state index < -0.39 is 26.7 Å². The summed E-state index contributed by atoms with van der Waals surface area (Å²) in [7, 11) is -1.63. The standard InChI is InChI=1S/C15H29OSi.3C4H9.Sn/c1-7-12-14-15(6,13-8-2)16-17(9-3,10-4)11-5;3*1-3-4-2;/h2,8,12,14H,7,9-11,13H2,1,3-6H3;3*1,3-4H2,2H3;. The summed E-state index contributed by atoms with van der Waals surface area (Å²) in [5, 5.41) is 0. The summed E-state index contributed by atoms with van der Waals surface area (Å²) >= 11 is -2.20. The van der Waals surface area contributed by atoms with Crippen LogP contribution in [0.5, 0.6) is 0 Å². The second-order valence-corrected chi connectivity index (χ2v) is 27.4. The SMILES string of the molecule is CCC=CC(C)(C/C=[CH]/[Sn]([CH2]CCC)([CH2]CCC)[CH2]CCC)O[Si](CC)(CC)CC. The number of hydrogen-bond donors (Lipinski definition) is 0. The number of unbranched alkanes of at least 4 members (excludes halogenated alkanes) is 3. The topological polar surface area (TPSA) is 9.23 Å². The molecule has 30 heavy (non-hydrogen) atoms. The number of hydrogen-bond acceptors (Lipinski definition) is 1. The molecule has 0 aromatic carbocycles. The molecule has 0 aromatic rings. The van der Waals surface area contributed by atoms with Gasteiger partial charge in [-0.1, -0.05) is 0 Å². The summed E-state index contributed by atoms with van der Waals surface area (Å²) in [6.45, 7) is 18.7. The van der Waals surface area contributed by atoms with Crippen LogP contribution in [0, 0.1) is 0 Å². The molecule has 1 nitrogen and oxygen atoms in total. The molecule has 0 rings (SSSR count). The first-order chi connectivity index (χ1) is 14.3. The van der Waals surface area contributed by atoms with E-state index >= 15 is 0 Å². The molecule has 1 atom stereocenters. The van der Waals surface area contributed by atoms with Gasteiger partial charge in [0, 0.05) is 0 Å². The van der Waals surface area contributed by atoms with Gasteiger partial charge in [0.05, 0.1) is 0 Å². The second kappa shape index (κ2) is 17.0. The molecule has 3 heteroatoms. The molecule has 0 aromatic heterocycles. The predicted molar refractivity (Wildman–Crippen MR) is 145 cm³/mol. The van der Waals surface area contributed by atoms with E-state index in [0.29, 0.717) is 0 Å². The van der Waals surface area contributed by atoms with E-state index in [4.69, 9.17) is 4.43 Å². The first-order valence-corrected chi connectivity index (χ1v) is 23.6. The second-order valence-electron chi connectivity index (χ2n) is 9.75. The molecule has 0 bridgehead atoms. The maximum absolute atomic E-state index is 7.06. The molecule has 0 heterocycles. The van der Waals surface area contributed by atoms with Crippen LogP contribution in [0.3, 0.4) is 0 Å². The van der Waals surface area contributed by atoms with E-state index in [-0.39, 0.29) is 5.60 Å². The Morgan fingerprint density at radius 2 is 1.20 bits per heavy atom. The Morgan fingerprint density at radius 3 is 1.57 bits per heavy atom. The van der Waals surface area contributed by atoms with Crippen LogP contribution >= 0.6 is 0 Å². The van der Waals surface area contributed by atoms with Gasteiger partial charge >= 0.3 is 197 Å². The van der Waals surface area contributed by atoms with Gasteiger partial charge < -0.3 is 0 Å². The zero-order valence-corrected chi connectivity index (χ0v) is 26.0. The minimum absolute atomic E-state index is 0.126. The van der Waals surface area contributed by atoms with Crippen LogP contribution in [-0.2, 0) is 4.43 Å². The summed E-state index contributed by atoms with van der Waals surface area (Å²) < 4.78 is 14.6. The van der Waals surface area contributed by atoms with E-state index in [2.05, 4.69) is 77.7 Å². The van der Waals surface area contributed by atoms with Crippen molar-refractivity contribution in [3.8, 4) is 0 Å². The van der Waals surface area contributed by atoms with Crippen molar-refractivity contribution >= 4 is 26.7 Å². The molecule has 0 aliphatic heterocycles. The van der Waals surface area contributed by atoms with Gasteiger partial charge in [0.2, 0.25) is 0 Å². The Kier molecular flexibility index (Phi) is 17.3. The van der Waals surface area contributed by atoms with Gasteiger partial charge in [-0.2, -0.15) is 0 Å². The average Bonchev–Trinajstić information content (AvgIpc) is 2.77. The Hall–Kier alpha value is 0.456. The monoisotopic (exact) mass is 544 g/mol. The first kappa shape index (κ1) is 30.5. The first-order valence-electron chi connectivity index (χ1n) is 13.4. The Bertz CT molecular complexity index is 439. The van der Waals surface area contributed by atoms with Gasteiger partial charge in [0.1, 0.15) is 0 Å². The van der Waals surface area contributed by atoms with E-state index in [0.717, 1.165) is 12.8 Å². The van der Waals surface area contributed by atoms with Crippen LogP contribution in [0.25, 0.3) is 0 Å². The van der Waals surface area contributed by atoms with Crippen molar-refractivity contribution in [2.45, 2.75) is 144 Å². The molecule has 1 unspecified atom stereocenters. The zero-order chi connectivity index (χ0) is 22.9. The molecular weight excluding hydrogens is 487 g/mol. The van der Waals surface area contributed by atoms with Gasteiger partial charge in [0.15, 0.2) is 0 Å². The third-order valence-electron chi connectivity index (χ3n) is 7.17. The van der Waals surface area contributed by atoms with Crippen molar-refractivity contribution in [1.29, 1.82) is 0 Å². The Labute approximate surface area is 196 Å². The molecule has 0 aliphatic carbocycles. The average molecular weight is 544 g/mol. The molecule has 0 saturated heterocycles. The molecular formula is C27H56OSiSn. The zero-order valence-electron chi connectivity index (χ0n) is 22.1. The van der Waals surface area contributed by atoms with Gasteiger partial charge in [0.25, 0.3) is 0 Å². The fourth-order valence-electron chi connectivity index (χ4n) is 4.73. The minimum atomic E-state index is -2.20. The van der Waals surface area contributed by atoms with Crippen molar-refractivity contribution in [3.63, 3.8) is 0 Å². The molecule has 0 amide bonds. The molecule has 0 aliphatic rings. The van der Waals surface area contributed by atoms with E-state index in [1.165, 1.54) is 56.7 Å². The molecule has 0 fully saturated rings. The summed E-state index contributed by atoms with van der Waals surface area (Å²) in [5.41, 5.74) is -0.126. The third-order valence-corrected chi connectivity index (χ3v) is 26.2. The number of rotatable bonds is 19. The molecule has 0 spiro atoms. The van der Waals surface area contributed by atoms with Crippen LogP contribution in [0.4, 0.5) is 0 Å². The van der Waals surface area contributed by atoms with Crippen LogP contribution < -0.4 is 0 Å². The molecule has 0 radical (unpaired) electrons. The predicted octanol–water partition coefficient (Wildman–Crippen LogP) is 10.1. The van der Waals surface area contributed by atoms with Crippen molar-refractivity contribution in [1.82, 2.24) is 0 Å². The van der Waals surface area contributed by atoms with E-state index in [1.54, 1.807) is 13.3 Å². The van der Waals surface area contributed by atoms with Crippen LogP contribution in [0.15, 0.2) is 22.3 Å². The maximum atomic E-state index is 7.06. The van der Waals surface area contributed by atoms with Gasteiger partial charge in [-0.3, -0.25) is 0 Å². The Morgan fingerprint density at radius 1 is 0.733 bits per heavy atom.